The molecule has 3 N–H and O–H groups in total. The standard InChI is InChI=1S/C13H15N3O2S3/c1-8-5-10(20-9(8)2)6-16-21(17,18)11-3-4-12(13(14)19)15-7-11/h3-5,7,16H,6H2,1-2H3,(H2,14,19). The van der Waals surface area contributed by atoms with Crippen molar-refractivity contribution in [1.82, 2.24) is 9.71 Å². The number of pyridine rings is 1. The van der Waals surface area contributed by atoms with Crippen molar-refractivity contribution in [2.24, 2.45) is 5.73 Å². The molecule has 112 valence electrons. The largest absolute Gasteiger partial charge is 0.388 e. The van der Waals surface area contributed by atoms with Gasteiger partial charge in [-0.3, -0.25) is 4.98 Å². The molecule has 2 aromatic rings. The van der Waals surface area contributed by atoms with E-state index in [4.69, 9.17) is 18.0 Å². The lowest BCUT2D eigenvalue weighted by molar-refractivity contribution is 0.581. The van der Waals surface area contributed by atoms with Crippen molar-refractivity contribution >= 4 is 38.6 Å². The van der Waals surface area contributed by atoms with E-state index in [1.54, 1.807) is 11.3 Å². The Morgan fingerprint density at radius 1 is 1.43 bits per heavy atom. The van der Waals surface area contributed by atoms with Crippen LogP contribution < -0.4 is 10.5 Å². The molecule has 0 amide bonds. The number of rotatable bonds is 5. The molecule has 21 heavy (non-hydrogen) atoms. The van der Waals surface area contributed by atoms with E-state index in [-0.39, 0.29) is 16.4 Å². The van der Waals surface area contributed by atoms with Crippen molar-refractivity contribution in [2.45, 2.75) is 25.3 Å². The van der Waals surface area contributed by atoms with Gasteiger partial charge < -0.3 is 5.73 Å². The van der Waals surface area contributed by atoms with Gasteiger partial charge in [-0.25, -0.2) is 13.1 Å². The van der Waals surface area contributed by atoms with Crippen molar-refractivity contribution in [3.8, 4) is 0 Å². The van der Waals surface area contributed by atoms with Crippen molar-refractivity contribution < 1.29 is 8.42 Å². The number of nitrogens with zero attached hydrogens (tertiary/aromatic N) is 1. The monoisotopic (exact) mass is 341 g/mol. The van der Waals surface area contributed by atoms with Crippen LogP contribution in [0.2, 0.25) is 0 Å². The molecule has 0 fully saturated rings. The average molecular weight is 341 g/mol. The van der Waals surface area contributed by atoms with E-state index in [0.29, 0.717) is 5.69 Å². The zero-order valence-electron chi connectivity index (χ0n) is 11.6. The van der Waals surface area contributed by atoms with E-state index in [1.165, 1.54) is 23.2 Å². The topological polar surface area (TPSA) is 85.1 Å². The van der Waals surface area contributed by atoms with Gasteiger partial charge in [-0.2, -0.15) is 0 Å². The Morgan fingerprint density at radius 2 is 2.14 bits per heavy atom. The maximum atomic E-state index is 12.2. The van der Waals surface area contributed by atoms with E-state index in [9.17, 15) is 8.42 Å². The summed E-state index contributed by atoms with van der Waals surface area (Å²) in [4.78, 5) is 6.32. The van der Waals surface area contributed by atoms with Crippen LogP contribution in [0.15, 0.2) is 29.3 Å². The number of thiophene rings is 1. The van der Waals surface area contributed by atoms with Gasteiger partial charge in [0.2, 0.25) is 10.0 Å². The first-order valence-corrected chi connectivity index (χ1v) is 8.82. The van der Waals surface area contributed by atoms with E-state index in [2.05, 4.69) is 9.71 Å². The summed E-state index contributed by atoms with van der Waals surface area (Å²) in [5.41, 5.74) is 6.99. The molecule has 0 aliphatic heterocycles. The molecule has 0 spiro atoms. The molecule has 0 radical (unpaired) electrons. The van der Waals surface area contributed by atoms with Gasteiger partial charge in [0.1, 0.15) is 9.88 Å². The Balaban J connectivity index is 2.12. The van der Waals surface area contributed by atoms with Gasteiger partial charge in [0.15, 0.2) is 0 Å². The average Bonchev–Trinajstić information content (AvgIpc) is 2.76. The minimum atomic E-state index is -3.59. The third-order valence-corrected chi connectivity index (χ3v) is 5.70. The second-order valence-corrected chi connectivity index (χ2v) is 8.07. The van der Waals surface area contributed by atoms with Crippen LogP contribution in [0.1, 0.15) is 21.0 Å². The summed E-state index contributed by atoms with van der Waals surface area (Å²) in [6.07, 6.45) is 1.25. The molecule has 0 unspecified atom stereocenters. The van der Waals surface area contributed by atoms with Crippen LogP contribution in [0.25, 0.3) is 0 Å². The maximum absolute atomic E-state index is 12.2. The third kappa shape index (κ3) is 3.85. The van der Waals surface area contributed by atoms with Crippen molar-refractivity contribution in [1.29, 1.82) is 0 Å². The fraction of sp³-hybridized carbons (Fsp3) is 0.231. The fourth-order valence-electron chi connectivity index (χ4n) is 1.67. The number of sulfonamides is 1. The highest BCUT2D eigenvalue weighted by Gasteiger charge is 2.15. The van der Waals surface area contributed by atoms with Crippen LogP contribution in [0, 0.1) is 13.8 Å². The fourth-order valence-corrected chi connectivity index (χ4v) is 3.83. The van der Waals surface area contributed by atoms with Gasteiger partial charge in [-0.1, -0.05) is 12.2 Å². The minimum absolute atomic E-state index is 0.0903. The Kier molecular flexibility index (Phi) is 4.72. The van der Waals surface area contributed by atoms with Gasteiger partial charge >= 0.3 is 0 Å². The second-order valence-electron chi connectivity index (χ2n) is 4.52. The smallest absolute Gasteiger partial charge is 0.242 e. The highest BCUT2D eigenvalue weighted by atomic mass is 32.2. The molecule has 8 heteroatoms. The summed E-state index contributed by atoms with van der Waals surface area (Å²) in [6.45, 7) is 4.28. The number of nitrogens with one attached hydrogen (secondary N) is 1. The van der Waals surface area contributed by atoms with Gasteiger partial charge in [0.05, 0.1) is 5.69 Å². The van der Waals surface area contributed by atoms with E-state index in [1.807, 2.05) is 19.9 Å². The summed E-state index contributed by atoms with van der Waals surface area (Å²) in [5.74, 6) is 0. The predicted molar refractivity (Wildman–Crippen MR) is 87.9 cm³/mol. The predicted octanol–water partition coefficient (Wildman–Crippen LogP) is 1.87. The molecule has 0 aliphatic carbocycles. The number of aromatic nitrogens is 1. The molecule has 0 atom stereocenters. The summed E-state index contributed by atoms with van der Waals surface area (Å²) in [5, 5.41) is 0. The zero-order valence-corrected chi connectivity index (χ0v) is 14.0. The number of aryl methyl sites for hydroxylation is 2. The van der Waals surface area contributed by atoms with E-state index in [0.717, 1.165) is 10.4 Å². The molecule has 0 saturated heterocycles. The summed E-state index contributed by atoms with van der Waals surface area (Å²) in [7, 11) is -3.59. The molecule has 0 aliphatic rings. The normalized spacial score (nSPS) is 11.5. The first kappa shape index (κ1) is 16.0. The maximum Gasteiger partial charge on any atom is 0.242 e. The Bertz CT molecular complexity index is 745. The summed E-state index contributed by atoms with van der Waals surface area (Å²) < 4.78 is 26.9. The van der Waals surface area contributed by atoms with Crippen LogP contribution in [0.4, 0.5) is 0 Å². The molecular formula is C13H15N3O2S3. The highest BCUT2D eigenvalue weighted by molar-refractivity contribution is 7.89. The summed E-state index contributed by atoms with van der Waals surface area (Å²) in [6, 6.07) is 4.92. The second kappa shape index (κ2) is 6.18. The van der Waals surface area contributed by atoms with Crippen LogP contribution in [0.5, 0.6) is 0 Å². The first-order valence-electron chi connectivity index (χ1n) is 6.11. The Labute approximate surface area is 133 Å². The van der Waals surface area contributed by atoms with Crippen LogP contribution in [0.3, 0.4) is 0 Å². The van der Waals surface area contributed by atoms with Crippen LogP contribution >= 0.6 is 23.6 Å². The molecule has 2 rings (SSSR count). The lowest BCUT2D eigenvalue weighted by Gasteiger charge is -2.06. The molecule has 0 aromatic carbocycles. The zero-order chi connectivity index (χ0) is 15.6. The van der Waals surface area contributed by atoms with Crippen molar-refractivity contribution in [2.75, 3.05) is 0 Å². The van der Waals surface area contributed by atoms with Gasteiger partial charge in [0, 0.05) is 22.5 Å². The van der Waals surface area contributed by atoms with Gasteiger partial charge in [-0.05, 0) is 37.6 Å². The van der Waals surface area contributed by atoms with E-state index < -0.39 is 10.0 Å². The van der Waals surface area contributed by atoms with Crippen molar-refractivity contribution in [3.63, 3.8) is 0 Å². The quantitative estimate of drug-likeness (QED) is 0.811. The lowest BCUT2D eigenvalue weighted by atomic mass is 10.3. The molecule has 2 aromatic heterocycles. The lowest BCUT2D eigenvalue weighted by Crippen LogP contribution is -2.23. The van der Waals surface area contributed by atoms with Gasteiger partial charge in [0.25, 0.3) is 0 Å². The molecule has 0 bridgehead atoms. The van der Waals surface area contributed by atoms with Gasteiger partial charge in [-0.15, -0.1) is 11.3 Å². The Hall–Kier alpha value is -1.35. The molecule has 0 saturated carbocycles. The number of nitrogens with two attached hydrogens (primary N) is 1. The minimum Gasteiger partial charge on any atom is -0.388 e. The Morgan fingerprint density at radius 3 is 2.62 bits per heavy atom. The first-order chi connectivity index (χ1) is 9.79. The number of hydrogen-bond donors (Lipinski definition) is 2. The summed E-state index contributed by atoms with van der Waals surface area (Å²) >= 11 is 6.36. The molecule has 5 nitrogen and oxygen atoms in total. The van der Waals surface area contributed by atoms with E-state index >= 15 is 0 Å². The van der Waals surface area contributed by atoms with Crippen LogP contribution in [-0.2, 0) is 16.6 Å². The number of hydrogen-bond acceptors (Lipinski definition) is 5. The van der Waals surface area contributed by atoms with Crippen molar-refractivity contribution in [3.05, 3.63) is 45.4 Å². The third-order valence-electron chi connectivity index (χ3n) is 2.95. The highest BCUT2D eigenvalue weighted by Crippen LogP contribution is 2.21. The number of thiocarbonyl (C=S) groups is 1. The van der Waals surface area contributed by atoms with Crippen LogP contribution in [-0.4, -0.2) is 18.4 Å². The SMILES string of the molecule is Cc1cc(CNS(=O)(=O)c2ccc(C(N)=S)nc2)sc1C. The molecule has 2 heterocycles. The molecular weight excluding hydrogens is 326 g/mol.